The molecule has 0 saturated carbocycles. The van der Waals surface area contributed by atoms with Crippen molar-refractivity contribution in [2.24, 2.45) is 0 Å². The van der Waals surface area contributed by atoms with Gasteiger partial charge in [0, 0.05) is 38.7 Å². The van der Waals surface area contributed by atoms with E-state index >= 15 is 0 Å². The molecule has 0 aliphatic heterocycles. The van der Waals surface area contributed by atoms with Gasteiger partial charge in [0.1, 0.15) is 0 Å². The SMILES string of the molecule is COCCCNC(=O)CCc1nnc(-c2ccccc2C)o1. The van der Waals surface area contributed by atoms with E-state index in [1.54, 1.807) is 7.11 Å². The van der Waals surface area contributed by atoms with Gasteiger partial charge in [-0.15, -0.1) is 10.2 Å². The third kappa shape index (κ3) is 4.66. The molecule has 1 amide bonds. The van der Waals surface area contributed by atoms with Gasteiger partial charge in [0.15, 0.2) is 0 Å². The lowest BCUT2D eigenvalue weighted by Crippen LogP contribution is -2.25. The molecule has 0 fully saturated rings. The van der Waals surface area contributed by atoms with E-state index in [9.17, 15) is 4.79 Å². The Balaban J connectivity index is 1.83. The fourth-order valence-corrected chi connectivity index (χ4v) is 2.03. The van der Waals surface area contributed by atoms with Crippen LogP contribution in [0.4, 0.5) is 0 Å². The van der Waals surface area contributed by atoms with Gasteiger partial charge >= 0.3 is 0 Å². The van der Waals surface area contributed by atoms with Gasteiger partial charge in [-0.05, 0) is 25.0 Å². The number of aromatic nitrogens is 2. The summed E-state index contributed by atoms with van der Waals surface area (Å²) in [6, 6.07) is 7.82. The van der Waals surface area contributed by atoms with Crippen LogP contribution < -0.4 is 5.32 Å². The van der Waals surface area contributed by atoms with E-state index in [4.69, 9.17) is 9.15 Å². The molecule has 2 rings (SSSR count). The van der Waals surface area contributed by atoms with Crippen LogP contribution in [0.25, 0.3) is 11.5 Å². The van der Waals surface area contributed by atoms with Crippen molar-refractivity contribution in [3.05, 3.63) is 35.7 Å². The summed E-state index contributed by atoms with van der Waals surface area (Å²) in [6.07, 6.45) is 1.58. The predicted molar refractivity (Wildman–Crippen MR) is 82.3 cm³/mol. The Hall–Kier alpha value is -2.21. The van der Waals surface area contributed by atoms with Gasteiger partial charge in [0.2, 0.25) is 17.7 Å². The van der Waals surface area contributed by atoms with Crippen LogP contribution in [0.5, 0.6) is 0 Å². The third-order valence-corrected chi connectivity index (χ3v) is 3.26. The number of hydrogen-bond acceptors (Lipinski definition) is 5. The molecule has 0 atom stereocenters. The Labute approximate surface area is 129 Å². The lowest BCUT2D eigenvalue weighted by molar-refractivity contribution is -0.121. The summed E-state index contributed by atoms with van der Waals surface area (Å²) < 4.78 is 10.5. The van der Waals surface area contributed by atoms with Gasteiger partial charge in [-0.3, -0.25) is 4.79 Å². The second kappa shape index (κ2) is 8.29. The maximum Gasteiger partial charge on any atom is 0.247 e. The van der Waals surface area contributed by atoms with Crippen LogP contribution in [0.15, 0.2) is 28.7 Å². The molecule has 1 heterocycles. The van der Waals surface area contributed by atoms with Crippen molar-refractivity contribution < 1.29 is 13.9 Å². The Morgan fingerprint density at radius 1 is 1.32 bits per heavy atom. The largest absolute Gasteiger partial charge is 0.421 e. The molecule has 0 saturated heterocycles. The number of aryl methyl sites for hydroxylation is 2. The maximum absolute atomic E-state index is 11.7. The minimum Gasteiger partial charge on any atom is -0.421 e. The molecular formula is C16H21N3O3. The summed E-state index contributed by atoms with van der Waals surface area (Å²) in [5.41, 5.74) is 2.00. The van der Waals surface area contributed by atoms with Crippen LogP contribution in [-0.2, 0) is 16.0 Å². The zero-order valence-electron chi connectivity index (χ0n) is 13.0. The van der Waals surface area contributed by atoms with Crippen molar-refractivity contribution in [3.8, 4) is 11.5 Å². The molecule has 0 aliphatic rings. The van der Waals surface area contributed by atoms with E-state index in [1.807, 2.05) is 31.2 Å². The van der Waals surface area contributed by atoms with Gasteiger partial charge in [-0.1, -0.05) is 18.2 Å². The first-order chi connectivity index (χ1) is 10.7. The summed E-state index contributed by atoms with van der Waals surface area (Å²) in [4.78, 5) is 11.7. The minimum absolute atomic E-state index is 0.0215. The Kier molecular flexibility index (Phi) is 6.09. The number of benzene rings is 1. The highest BCUT2D eigenvalue weighted by Gasteiger charge is 2.11. The van der Waals surface area contributed by atoms with Gasteiger partial charge in [-0.25, -0.2) is 0 Å². The third-order valence-electron chi connectivity index (χ3n) is 3.26. The molecule has 2 aromatic rings. The molecule has 0 radical (unpaired) electrons. The normalized spacial score (nSPS) is 10.6. The first-order valence-corrected chi connectivity index (χ1v) is 7.34. The van der Waals surface area contributed by atoms with E-state index < -0.39 is 0 Å². The molecular weight excluding hydrogens is 282 g/mol. The van der Waals surface area contributed by atoms with Crippen LogP contribution in [0, 0.1) is 6.92 Å². The van der Waals surface area contributed by atoms with Crippen molar-refractivity contribution in [2.75, 3.05) is 20.3 Å². The molecule has 6 nitrogen and oxygen atoms in total. The van der Waals surface area contributed by atoms with E-state index in [-0.39, 0.29) is 5.91 Å². The van der Waals surface area contributed by atoms with E-state index in [1.165, 1.54) is 0 Å². The standard InChI is InChI=1S/C16H21N3O3/c1-12-6-3-4-7-13(12)16-19-18-15(22-16)9-8-14(20)17-10-5-11-21-2/h3-4,6-7H,5,8-11H2,1-2H3,(H,17,20). The second-order valence-corrected chi connectivity index (χ2v) is 5.01. The van der Waals surface area contributed by atoms with E-state index in [0.717, 1.165) is 17.5 Å². The van der Waals surface area contributed by atoms with Crippen molar-refractivity contribution >= 4 is 5.91 Å². The van der Waals surface area contributed by atoms with Crippen molar-refractivity contribution in [3.63, 3.8) is 0 Å². The summed E-state index contributed by atoms with van der Waals surface area (Å²) in [6.45, 7) is 3.25. The lowest BCUT2D eigenvalue weighted by atomic mass is 10.1. The number of amides is 1. The summed E-state index contributed by atoms with van der Waals surface area (Å²) in [5, 5.41) is 10.9. The zero-order chi connectivity index (χ0) is 15.8. The molecule has 0 bridgehead atoms. The van der Waals surface area contributed by atoms with Crippen molar-refractivity contribution in [1.29, 1.82) is 0 Å². The van der Waals surface area contributed by atoms with Gasteiger partial charge in [0.25, 0.3) is 0 Å². The number of ether oxygens (including phenoxy) is 1. The molecule has 22 heavy (non-hydrogen) atoms. The minimum atomic E-state index is -0.0215. The van der Waals surface area contributed by atoms with Crippen LogP contribution in [0.1, 0.15) is 24.3 Å². The van der Waals surface area contributed by atoms with Crippen molar-refractivity contribution in [2.45, 2.75) is 26.2 Å². The topological polar surface area (TPSA) is 77.2 Å². The van der Waals surface area contributed by atoms with E-state index in [2.05, 4.69) is 15.5 Å². The summed E-state index contributed by atoms with van der Waals surface area (Å²) >= 11 is 0. The molecule has 6 heteroatoms. The predicted octanol–water partition coefficient (Wildman–Crippen LogP) is 2.13. The van der Waals surface area contributed by atoms with Crippen LogP contribution in [0.3, 0.4) is 0 Å². The summed E-state index contributed by atoms with van der Waals surface area (Å²) in [7, 11) is 1.64. The monoisotopic (exact) mass is 303 g/mol. The molecule has 0 unspecified atom stereocenters. The van der Waals surface area contributed by atoms with E-state index in [0.29, 0.717) is 37.8 Å². The number of methoxy groups -OCH3 is 1. The molecule has 1 aromatic heterocycles. The molecule has 118 valence electrons. The molecule has 1 aromatic carbocycles. The molecule has 0 aliphatic carbocycles. The Morgan fingerprint density at radius 3 is 2.91 bits per heavy atom. The van der Waals surface area contributed by atoms with Gasteiger partial charge < -0.3 is 14.5 Å². The first-order valence-electron chi connectivity index (χ1n) is 7.34. The first kappa shape index (κ1) is 16.2. The summed E-state index contributed by atoms with van der Waals surface area (Å²) in [5.74, 6) is 0.950. The fraction of sp³-hybridized carbons (Fsp3) is 0.438. The quantitative estimate of drug-likeness (QED) is 0.756. The van der Waals surface area contributed by atoms with Gasteiger partial charge in [0.05, 0.1) is 0 Å². The van der Waals surface area contributed by atoms with Crippen LogP contribution in [-0.4, -0.2) is 36.4 Å². The zero-order valence-corrected chi connectivity index (χ0v) is 13.0. The number of nitrogens with one attached hydrogen (secondary N) is 1. The molecule has 0 spiro atoms. The maximum atomic E-state index is 11.7. The highest BCUT2D eigenvalue weighted by Crippen LogP contribution is 2.21. The Morgan fingerprint density at radius 2 is 2.14 bits per heavy atom. The number of rotatable bonds is 8. The highest BCUT2D eigenvalue weighted by atomic mass is 16.5. The second-order valence-electron chi connectivity index (χ2n) is 5.01. The number of nitrogens with zero attached hydrogens (tertiary/aromatic N) is 2. The lowest BCUT2D eigenvalue weighted by Gasteiger charge is -2.03. The Bertz CT molecular complexity index is 610. The number of carbonyl (C=O) groups excluding carboxylic acids is 1. The van der Waals surface area contributed by atoms with Crippen LogP contribution >= 0.6 is 0 Å². The average molecular weight is 303 g/mol. The highest BCUT2D eigenvalue weighted by molar-refractivity contribution is 5.75. The van der Waals surface area contributed by atoms with Crippen LogP contribution in [0.2, 0.25) is 0 Å². The smallest absolute Gasteiger partial charge is 0.247 e. The molecule has 1 N–H and O–H groups in total. The average Bonchev–Trinajstić information content (AvgIpc) is 2.99. The fourth-order valence-electron chi connectivity index (χ4n) is 2.03. The number of carbonyl (C=O) groups is 1. The van der Waals surface area contributed by atoms with Gasteiger partial charge in [-0.2, -0.15) is 0 Å². The number of hydrogen-bond donors (Lipinski definition) is 1. The van der Waals surface area contributed by atoms with Crippen molar-refractivity contribution in [1.82, 2.24) is 15.5 Å².